The highest BCUT2D eigenvalue weighted by molar-refractivity contribution is 7.99. The van der Waals surface area contributed by atoms with Gasteiger partial charge in [0.05, 0.1) is 22.3 Å². The number of hydrogen-bond donors (Lipinski definition) is 0. The van der Waals surface area contributed by atoms with E-state index < -0.39 is 0 Å². The predicted octanol–water partition coefficient (Wildman–Crippen LogP) is 5.12. The molecule has 0 saturated carbocycles. The smallest absolute Gasteiger partial charge is 0.266 e. The maximum absolute atomic E-state index is 13.4. The van der Waals surface area contributed by atoms with Crippen LogP contribution >= 0.6 is 11.8 Å². The molecule has 0 unspecified atom stereocenters. The van der Waals surface area contributed by atoms with Crippen LogP contribution in [0.4, 0.5) is 4.39 Å². The number of thioether (sulfide) groups is 1. The highest BCUT2D eigenvalue weighted by atomic mass is 32.2. The second-order valence-corrected chi connectivity index (χ2v) is 8.00. The number of para-hydroxylation sites is 1. The van der Waals surface area contributed by atoms with E-state index in [1.807, 2.05) is 38.1 Å². The van der Waals surface area contributed by atoms with E-state index in [4.69, 9.17) is 0 Å². The first-order chi connectivity index (χ1) is 14.4. The van der Waals surface area contributed by atoms with Gasteiger partial charge < -0.3 is 0 Å². The third-order valence-electron chi connectivity index (χ3n) is 4.86. The van der Waals surface area contributed by atoms with Crippen LogP contribution in [-0.2, 0) is 0 Å². The molecular formula is C24H19FN2O2S. The number of aryl methyl sites for hydroxylation is 2. The number of ketones is 1. The number of fused-ring (bicyclic) bond motifs is 1. The minimum atomic E-state index is -0.389. The Kier molecular flexibility index (Phi) is 5.50. The van der Waals surface area contributed by atoms with E-state index in [-0.39, 0.29) is 22.9 Å². The van der Waals surface area contributed by atoms with Crippen molar-refractivity contribution < 1.29 is 9.18 Å². The van der Waals surface area contributed by atoms with Crippen molar-refractivity contribution in [1.29, 1.82) is 0 Å². The van der Waals surface area contributed by atoms with Gasteiger partial charge in [-0.05, 0) is 61.9 Å². The summed E-state index contributed by atoms with van der Waals surface area (Å²) in [5.74, 6) is -0.287. The Labute approximate surface area is 177 Å². The predicted molar refractivity (Wildman–Crippen MR) is 118 cm³/mol. The number of nitrogens with zero attached hydrogens (tertiary/aromatic N) is 2. The molecule has 30 heavy (non-hydrogen) atoms. The van der Waals surface area contributed by atoms with Crippen LogP contribution in [-0.4, -0.2) is 21.1 Å². The Balaban J connectivity index is 1.76. The van der Waals surface area contributed by atoms with Crippen molar-refractivity contribution in [2.24, 2.45) is 0 Å². The molecule has 1 aromatic heterocycles. The van der Waals surface area contributed by atoms with Crippen LogP contribution in [0.1, 0.15) is 21.5 Å². The fourth-order valence-electron chi connectivity index (χ4n) is 3.27. The molecule has 4 rings (SSSR count). The third-order valence-corrected chi connectivity index (χ3v) is 5.79. The van der Waals surface area contributed by atoms with Gasteiger partial charge in [0.2, 0.25) is 0 Å². The number of Topliss-reactive ketones (excluding diaryl/α,β-unsaturated/α-hetero) is 1. The first-order valence-electron chi connectivity index (χ1n) is 9.45. The SMILES string of the molecule is Cc1ccc(C)c(C(=O)CSc2nc3ccccc3c(=O)n2-c2ccc(F)cc2)c1. The number of rotatable bonds is 5. The molecule has 0 spiro atoms. The Morgan fingerprint density at radius 2 is 1.77 bits per heavy atom. The van der Waals surface area contributed by atoms with Gasteiger partial charge >= 0.3 is 0 Å². The summed E-state index contributed by atoms with van der Waals surface area (Å²) in [6.07, 6.45) is 0. The van der Waals surface area contributed by atoms with Gasteiger partial charge in [-0.2, -0.15) is 0 Å². The highest BCUT2D eigenvalue weighted by Crippen LogP contribution is 2.23. The van der Waals surface area contributed by atoms with Crippen LogP contribution in [0.5, 0.6) is 0 Å². The average molecular weight is 418 g/mol. The van der Waals surface area contributed by atoms with Gasteiger partial charge in [-0.15, -0.1) is 0 Å². The summed E-state index contributed by atoms with van der Waals surface area (Å²) in [6.45, 7) is 3.85. The molecule has 4 aromatic rings. The Morgan fingerprint density at radius 3 is 2.53 bits per heavy atom. The number of carbonyl (C=O) groups excluding carboxylic acids is 1. The van der Waals surface area contributed by atoms with Gasteiger partial charge in [0.25, 0.3) is 5.56 Å². The van der Waals surface area contributed by atoms with Crippen LogP contribution in [0.3, 0.4) is 0 Å². The molecular weight excluding hydrogens is 399 g/mol. The molecule has 0 atom stereocenters. The summed E-state index contributed by atoms with van der Waals surface area (Å²) in [5, 5.41) is 0.857. The minimum Gasteiger partial charge on any atom is -0.293 e. The molecule has 0 fully saturated rings. The topological polar surface area (TPSA) is 52.0 Å². The van der Waals surface area contributed by atoms with Crippen LogP contribution in [0.25, 0.3) is 16.6 Å². The minimum absolute atomic E-state index is 0.0331. The van der Waals surface area contributed by atoms with Crippen molar-refractivity contribution in [3.05, 3.63) is 99.6 Å². The van der Waals surface area contributed by atoms with Crippen LogP contribution in [0.2, 0.25) is 0 Å². The standard InChI is InChI=1S/C24H19FN2O2S/c1-15-7-8-16(2)20(13-15)22(28)14-30-24-26-21-6-4-3-5-19(21)23(29)27(24)18-11-9-17(25)10-12-18/h3-13H,14H2,1-2H3. The van der Waals surface area contributed by atoms with Crippen LogP contribution in [0.15, 0.2) is 76.7 Å². The molecule has 0 radical (unpaired) electrons. The molecule has 0 amide bonds. The maximum atomic E-state index is 13.4. The molecule has 1 heterocycles. The fraction of sp³-hybridized carbons (Fsp3) is 0.125. The zero-order valence-corrected chi connectivity index (χ0v) is 17.4. The summed E-state index contributed by atoms with van der Waals surface area (Å²) in [6, 6.07) is 18.5. The van der Waals surface area contributed by atoms with E-state index in [0.717, 1.165) is 11.1 Å². The van der Waals surface area contributed by atoms with Crippen molar-refractivity contribution in [3.8, 4) is 5.69 Å². The first-order valence-corrected chi connectivity index (χ1v) is 10.4. The molecule has 150 valence electrons. The average Bonchev–Trinajstić information content (AvgIpc) is 2.75. The lowest BCUT2D eigenvalue weighted by Crippen LogP contribution is -2.22. The van der Waals surface area contributed by atoms with E-state index >= 15 is 0 Å². The molecule has 0 aliphatic carbocycles. The number of benzene rings is 3. The van der Waals surface area contributed by atoms with Crippen molar-refractivity contribution >= 4 is 28.4 Å². The second-order valence-electron chi connectivity index (χ2n) is 7.06. The Morgan fingerprint density at radius 1 is 1.03 bits per heavy atom. The lowest BCUT2D eigenvalue weighted by atomic mass is 10.0. The molecule has 4 nitrogen and oxygen atoms in total. The van der Waals surface area contributed by atoms with Gasteiger partial charge in [0, 0.05) is 5.56 Å². The lowest BCUT2D eigenvalue weighted by molar-refractivity contribution is 0.102. The summed E-state index contributed by atoms with van der Waals surface area (Å²) < 4.78 is 14.8. The molecule has 0 aliphatic rings. The lowest BCUT2D eigenvalue weighted by Gasteiger charge is -2.13. The van der Waals surface area contributed by atoms with Gasteiger partial charge in [0.15, 0.2) is 10.9 Å². The molecule has 3 aromatic carbocycles. The summed E-state index contributed by atoms with van der Waals surface area (Å²) >= 11 is 1.20. The van der Waals surface area contributed by atoms with Crippen molar-refractivity contribution in [2.45, 2.75) is 19.0 Å². The van der Waals surface area contributed by atoms with Gasteiger partial charge in [0.1, 0.15) is 5.82 Å². The zero-order valence-electron chi connectivity index (χ0n) is 16.6. The summed E-state index contributed by atoms with van der Waals surface area (Å²) in [4.78, 5) is 30.6. The molecule has 0 aliphatic heterocycles. The Hall–Kier alpha value is -3.25. The number of hydrogen-bond acceptors (Lipinski definition) is 4. The largest absolute Gasteiger partial charge is 0.293 e. The fourth-order valence-corrected chi connectivity index (χ4v) is 4.17. The molecule has 6 heteroatoms. The van der Waals surface area contributed by atoms with E-state index in [9.17, 15) is 14.0 Å². The summed E-state index contributed by atoms with van der Waals surface area (Å²) in [5.41, 5.74) is 3.39. The highest BCUT2D eigenvalue weighted by Gasteiger charge is 2.16. The molecule has 0 saturated heterocycles. The monoisotopic (exact) mass is 418 g/mol. The third kappa shape index (κ3) is 3.91. The van der Waals surface area contributed by atoms with Gasteiger partial charge in [-0.1, -0.05) is 41.6 Å². The van der Waals surface area contributed by atoms with Crippen LogP contribution < -0.4 is 5.56 Å². The Bertz CT molecular complexity index is 1310. The number of aromatic nitrogens is 2. The van der Waals surface area contributed by atoms with E-state index in [1.165, 1.54) is 40.6 Å². The van der Waals surface area contributed by atoms with Crippen LogP contribution in [0, 0.1) is 19.7 Å². The van der Waals surface area contributed by atoms with E-state index in [0.29, 0.717) is 27.3 Å². The van der Waals surface area contributed by atoms with Crippen molar-refractivity contribution in [2.75, 3.05) is 5.75 Å². The van der Waals surface area contributed by atoms with Gasteiger partial charge in [-0.3, -0.25) is 14.2 Å². The number of carbonyl (C=O) groups is 1. The van der Waals surface area contributed by atoms with Crippen molar-refractivity contribution in [1.82, 2.24) is 9.55 Å². The quantitative estimate of drug-likeness (QED) is 0.257. The van der Waals surface area contributed by atoms with E-state index in [2.05, 4.69) is 4.98 Å². The molecule has 0 bridgehead atoms. The maximum Gasteiger partial charge on any atom is 0.266 e. The second kappa shape index (κ2) is 8.24. The van der Waals surface area contributed by atoms with Gasteiger partial charge in [-0.25, -0.2) is 9.37 Å². The normalized spacial score (nSPS) is 11.0. The zero-order chi connectivity index (χ0) is 21.3. The number of halogens is 1. The van der Waals surface area contributed by atoms with Crippen molar-refractivity contribution in [3.63, 3.8) is 0 Å². The summed E-state index contributed by atoms with van der Waals surface area (Å²) in [7, 11) is 0. The molecule has 0 N–H and O–H groups in total. The van der Waals surface area contributed by atoms with E-state index in [1.54, 1.807) is 18.2 Å². The first kappa shape index (κ1) is 20.0.